The monoisotopic (exact) mass is 222 g/mol. The summed E-state index contributed by atoms with van der Waals surface area (Å²) in [5.74, 6) is 0.866. The third-order valence-corrected chi connectivity index (χ3v) is 2.92. The zero-order valence-electron chi connectivity index (χ0n) is 8.68. The summed E-state index contributed by atoms with van der Waals surface area (Å²) in [5.41, 5.74) is 0.438. The van der Waals surface area contributed by atoms with Crippen LogP contribution in [0.1, 0.15) is 27.1 Å². The Kier molecular flexibility index (Phi) is 2.36. The molecule has 0 aliphatic rings. The molecular formula is C9H10N4OS. The summed E-state index contributed by atoms with van der Waals surface area (Å²) in [6, 6.07) is 0. The van der Waals surface area contributed by atoms with Gasteiger partial charge in [-0.1, -0.05) is 0 Å². The van der Waals surface area contributed by atoms with E-state index in [1.54, 1.807) is 23.9 Å². The Balaban J connectivity index is 2.41. The number of ketones is 1. The maximum Gasteiger partial charge on any atom is 0.249 e. The summed E-state index contributed by atoms with van der Waals surface area (Å²) in [5, 5.41) is 10.3. The molecule has 0 radical (unpaired) electrons. The molecular weight excluding hydrogens is 212 g/mol. The molecule has 15 heavy (non-hydrogen) atoms. The highest BCUT2D eigenvalue weighted by molar-refractivity contribution is 7.09. The first kappa shape index (κ1) is 9.97. The third kappa shape index (κ3) is 1.68. The number of nitrogens with zero attached hydrogens (tertiary/aromatic N) is 4. The van der Waals surface area contributed by atoms with Crippen LogP contribution in [0.5, 0.6) is 0 Å². The molecule has 0 aliphatic carbocycles. The van der Waals surface area contributed by atoms with Crippen molar-refractivity contribution >= 4 is 17.1 Å². The number of carbonyl (C=O) groups is 1. The molecule has 0 fully saturated rings. The molecule has 0 aromatic carbocycles. The Hall–Kier alpha value is -1.56. The molecule has 0 aliphatic heterocycles. The van der Waals surface area contributed by atoms with Crippen LogP contribution in [-0.2, 0) is 7.05 Å². The molecule has 0 atom stereocenters. The van der Waals surface area contributed by atoms with E-state index in [1.807, 2.05) is 6.92 Å². The molecule has 0 amide bonds. The van der Waals surface area contributed by atoms with Gasteiger partial charge in [-0.2, -0.15) is 0 Å². The Morgan fingerprint density at radius 1 is 1.40 bits per heavy atom. The molecule has 0 spiro atoms. The van der Waals surface area contributed by atoms with Gasteiger partial charge in [0.2, 0.25) is 11.6 Å². The first-order valence-corrected chi connectivity index (χ1v) is 5.30. The molecule has 2 aromatic heterocycles. The van der Waals surface area contributed by atoms with Crippen LogP contribution in [-0.4, -0.2) is 25.5 Å². The molecule has 0 saturated carbocycles. The SMILES string of the molecule is Cc1nc(C(=O)c2nnc(C)n2C)cs1. The third-order valence-electron chi connectivity index (χ3n) is 2.15. The van der Waals surface area contributed by atoms with Crippen molar-refractivity contribution in [2.24, 2.45) is 7.05 Å². The second kappa shape index (κ2) is 3.54. The van der Waals surface area contributed by atoms with Crippen LogP contribution < -0.4 is 0 Å². The molecule has 2 aromatic rings. The quantitative estimate of drug-likeness (QED) is 0.714. The molecule has 2 heterocycles. The van der Waals surface area contributed by atoms with Gasteiger partial charge >= 0.3 is 0 Å². The van der Waals surface area contributed by atoms with Crippen molar-refractivity contribution < 1.29 is 4.79 Å². The zero-order valence-corrected chi connectivity index (χ0v) is 9.50. The van der Waals surface area contributed by atoms with Gasteiger partial charge in [0.25, 0.3) is 0 Å². The predicted octanol–water partition coefficient (Wildman–Crippen LogP) is 1.12. The van der Waals surface area contributed by atoms with Gasteiger partial charge in [0.15, 0.2) is 0 Å². The van der Waals surface area contributed by atoms with Crippen LogP contribution in [0.3, 0.4) is 0 Å². The molecule has 78 valence electrons. The van der Waals surface area contributed by atoms with Gasteiger partial charge < -0.3 is 4.57 Å². The zero-order chi connectivity index (χ0) is 11.0. The predicted molar refractivity (Wildman–Crippen MR) is 56.0 cm³/mol. The van der Waals surface area contributed by atoms with Gasteiger partial charge in [0.05, 0.1) is 5.01 Å². The average Bonchev–Trinajstić information content (AvgIpc) is 2.75. The minimum Gasteiger partial charge on any atom is -0.312 e. The largest absolute Gasteiger partial charge is 0.312 e. The lowest BCUT2D eigenvalue weighted by Gasteiger charge is -1.97. The van der Waals surface area contributed by atoms with E-state index in [0.717, 1.165) is 5.01 Å². The summed E-state index contributed by atoms with van der Waals surface area (Å²) in [4.78, 5) is 16.0. The number of thiazole rings is 1. The second-order valence-electron chi connectivity index (χ2n) is 3.21. The van der Waals surface area contributed by atoms with Crippen molar-refractivity contribution in [3.8, 4) is 0 Å². The maximum atomic E-state index is 11.9. The number of aromatic nitrogens is 4. The number of hydrogen-bond donors (Lipinski definition) is 0. The Morgan fingerprint density at radius 2 is 2.13 bits per heavy atom. The topological polar surface area (TPSA) is 60.7 Å². The van der Waals surface area contributed by atoms with E-state index in [4.69, 9.17) is 0 Å². The molecule has 6 heteroatoms. The summed E-state index contributed by atoms with van der Waals surface area (Å²) >= 11 is 1.45. The number of hydrogen-bond acceptors (Lipinski definition) is 5. The second-order valence-corrected chi connectivity index (χ2v) is 4.27. The summed E-state index contributed by atoms with van der Waals surface area (Å²) in [7, 11) is 1.77. The van der Waals surface area contributed by atoms with Crippen LogP contribution in [0.15, 0.2) is 5.38 Å². The van der Waals surface area contributed by atoms with Gasteiger partial charge in [-0.25, -0.2) is 4.98 Å². The van der Waals surface area contributed by atoms with Gasteiger partial charge in [-0.3, -0.25) is 4.79 Å². The molecule has 0 saturated heterocycles. The minimum absolute atomic E-state index is 0.178. The molecule has 5 nitrogen and oxygen atoms in total. The van der Waals surface area contributed by atoms with Crippen LogP contribution in [0.25, 0.3) is 0 Å². The van der Waals surface area contributed by atoms with Crippen LogP contribution in [0.2, 0.25) is 0 Å². The van der Waals surface area contributed by atoms with Crippen LogP contribution in [0, 0.1) is 13.8 Å². The smallest absolute Gasteiger partial charge is 0.249 e. The van der Waals surface area contributed by atoms with Gasteiger partial charge in [-0.15, -0.1) is 21.5 Å². The van der Waals surface area contributed by atoms with E-state index in [9.17, 15) is 4.79 Å². The maximum absolute atomic E-state index is 11.9. The van der Waals surface area contributed by atoms with E-state index in [0.29, 0.717) is 17.3 Å². The van der Waals surface area contributed by atoms with Crippen molar-refractivity contribution in [3.05, 3.63) is 27.7 Å². The Labute approximate surface area is 90.8 Å². The van der Waals surface area contributed by atoms with E-state index >= 15 is 0 Å². The fourth-order valence-corrected chi connectivity index (χ4v) is 1.78. The van der Waals surface area contributed by atoms with Crippen molar-refractivity contribution in [1.82, 2.24) is 19.7 Å². The lowest BCUT2D eigenvalue weighted by Crippen LogP contribution is -2.10. The van der Waals surface area contributed by atoms with E-state index in [2.05, 4.69) is 15.2 Å². The van der Waals surface area contributed by atoms with Gasteiger partial charge in [0, 0.05) is 12.4 Å². The molecule has 0 N–H and O–H groups in total. The van der Waals surface area contributed by atoms with Crippen molar-refractivity contribution in [2.75, 3.05) is 0 Å². The van der Waals surface area contributed by atoms with E-state index < -0.39 is 0 Å². The Morgan fingerprint density at radius 3 is 2.60 bits per heavy atom. The summed E-state index contributed by atoms with van der Waals surface area (Å²) < 4.78 is 1.66. The minimum atomic E-state index is -0.178. The summed E-state index contributed by atoms with van der Waals surface area (Å²) in [6.45, 7) is 3.67. The van der Waals surface area contributed by atoms with Crippen LogP contribution >= 0.6 is 11.3 Å². The molecule has 2 rings (SSSR count). The number of carbonyl (C=O) groups excluding carboxylic acids is 1. The fraction of sp³-hybridized carbons (Fsp3) is 0.333. The fourth-order valence-electron chi connectivity index (χ4n) is 1.19. The standard InChI is InChI=1S/C9H10N4OS/c1-5-11-12-9(13(5)3)8(14)7-4-15-6(2)10-7/h4H,1-3H3. The molecule has 0 bridgehead atoms. The first-order chi connectivity index (χ1) is 7.09. The highest BCUT2D eigenvalue weighted by atomic mass is 32.1. The first-order valence-electron chi connectivity index (χ1n) is 4.42. The number of rotatable bonds is 2. The highest BCUT2D eigenvalue weighted by Gasteiger charge is 2.18. The average molecular weight is 222 g/mol. The number of aryl methyl sites for hydroxylation is 2. The van der Waals surface area contributed by atoms with E-state index in [-0.39, 0.29) is 5.78 Å². The van der Waals surface area contributed by atoms with Gasteiger partial charge in [-0.05, 0) is 13.8 Å². The van der Waals surface area contributed by atoms with Gasteiger partial charge in [0.1, 0.15) is 11.5 Å². The highest BCUT2D eigenvalue weighted by Crippen LogP contribution is 2.12. The van der Waals surface area contributed by atoms with Crippen molar-refractivity contribution in [1.29, 1.82) is 0 Å². The molecule has 0 unspecified atom stereocenters. The normalized spacial score (nSPS) is 10.6. The lowest BCUT2D eigenvalue weighted by molar-refractivity contribution is 0.102. The van der Waals surface area contributed by atoms with Crippen molar-refractivity contribution in [3.63, 3.8) is 0 Å². The van der Waals surface area contributed by atoms with E-state index in [1.165, 1.54) is 11.3 Å². The Bertz CT molecular complexity index is 514. The summed E-state index contributed by atoms with van der Waals surface area (Å²) in [6.07, 6.45) is 0. The van der Waals surface area contributed by atoms with Crippen molar-refractivity contribution in [2.45, 2.75) is 13.8 Å². The van der Waals surface area contributed by atoms with Crippen LogP contribution in [0.4, 0.5) is 0 Å². The lowest BCUT2D eigenvalue weighted by atomic mass is 10.3.